The van der Waals surface area contributed by atoms with E-state index >= 15 is 0 Å². The van der Waals surface area contributed by atoms with Crippen molar-refractivity contribution in [1.82, 2.24) is 9.88 Å². The van der Waals surface area contributed by atoms with Gasteiger partial charge >= 0.3 is 12.1 Å². The van der Waals surface area contributed by atoms with Crippen molar-refractivity contribution in [2.75, 3.05) is 26.8 Å². The highest BCUT2D eigenvalue weighted by Crippen LogP contribution is 2.59. The number of hydrogen-bond donors (Lipinski definition) is 2. The summed E-state index contributed by atoms with van der Waals surface area (Å²) in [5.74, 6) is -1.16. The van der Waals surface area contributed by atoms with E-state index in [4.69, 9.17) is 24.1 Å². The molecule has 6 atom stereocenters. The Morgan fingerprint density at radius 2 is 2.03 bits per heavy atom. The number of carbonyl (C=O) groups is 2. The Morgan fingerprint density at radius 1 is 1.31 bits per heavy atom. The van der Waals surface area contributed by atoms with Crippen molar-refractivity contribution in [2.24, 2.45) is 5.92 Å². The molecule has 1 aliphatic carbocycles. The monoisotopic (exact) mass is 502 g/mol. The standard InChI is InChI=1S/C26H34N2O8/c1-15(2)5-8-19-24(3,36-19)21-20(33-4)17(9-10-26(21)14-34-26)35-23(31)28-12-25(32,13-28)18-7-6-16(11-27-18)22(29)30/h5-7,11,17,19-21,32H,8-10,12-14H2,1-4H3,(H,29,30)/t17-,19-,20-,21-,24+,26+/m1/s1. The summed E-state index contributed by atoms with van der Waals surface area (Å²) in [5.41, 5.74) is -0.471. The van der Waals surface area contributed by atoms with Gasteiger partial charge in [0.15, 0.2) is 0 Å². The topological polar surface area (TPSA) is 134 Å². The number of methoxy groups -OCH3 is 1. The molecule has 0 unspecified atom stereocenters. The molecule has 1 aromatic rings. The van der Waals surface area contributed by atoms with Crippen LogP contribution in [-0.2, 0) is 24.5 Å². The molecule has 0 bridgehead atoms. The minimum absolute atomic E-state index is 0.0116. The summed E-state index contributed by atoms with van der Waals surface area (Å²) >= 11 is 0. The number of allylic oxidation sites excluding steroid dienone is 1. The molecule has 5 rings (SSSR count). The number of hydrogen-bond acceptors (Lipinski definition) is 8. The van der Waals surface area contributed by atoms with Crippen LogP contribution in [0.3, 0.4) is 0 Å². The van der Waals surface area contributed by atoms with Gasteiger partial charge in [-0.15, -0.1) is 0 Å². The van der Waals surface area contributed by atoms with Crippen LogP contribution in [-0.4, -0.2) is 88.5 Å². The van der Waals surface area contributed by atoms with Gasteiger partial charge in [-0.2, -0.15) is 0 Å². The average molecular weight is 503 g/mol. The van der Waals surface area contributed by atoms with Gasteiger partial charge in [-0.3, -0.25) is 4.98 Å². The van der Waals surface area contributed by atoms with Gasteiger partial charge in [-0.1, -0.05) is 11.6 Å². The van der Waals surface area contributed by atoms with Crippen molar-refractivity contribution in [3.63, 3.8) is 0 Å². The molecule has 2 N–H and O–H groups in total. The van der Waals surface area contributed by atoms with Gasteiger partial charge in [-0.05, 0) is 52.2 Å². The zero-order valence-corrected chi connectivity index (χ0v) is 21.1. The lowest BCUT2D eigenvalue weighted by molar-refractivity contribution is -0.138. The maximum Gasteiger partial charge on any atom is 0.410 e. The highest BCUT2D eigenvalue weighted by atomic mass is 16.6. The van der Waals surface area contributed by atoms with Gasteiger partial charge in [0.1, 0.15) is 29.0 Å². The van der Waals surface area contributed by atoms with E-state index in [0.717, 1.165) is 12.8 Å². The van der Waals surface area contributed by atoms with E-state index in [9.17, 15) is 14.7 Å². The van der Waals surface area contributed by atoms with Gasteiger partial charge in [0, 0.05) is 13.3 Å². The van der Waals surface area contributed by atoms with Crippen LogP contribution >= 0.6 is 0 Å². The SMILES string of the molecule is CO[C@@H]1[C@H](OC(=O)N2CC(O)(c3ccc(C(=O)O)cn3)C2)CC[C@]2(CO2)[C@H]1[C@@]1(C)O[C@@H]1CC=C(C)C. The number of likely N-dealkylation sites (tertiary alicyclic amines) is 1. The highest BCUT2D eigenvalue weighted by molar-refractivity contribution is 5.87. The number of carbonyl (C=O) groups excluding carboxylic acids is 1. The van der Waals surface area contributed by atoms with E-state index in [1.165, 1.54) is 28.8 Å². The number of aromatic carboxylic acids is 1. The first-order valence-corrected chi connectivity index (χ1v) is 12.4. The van der Waals surface area contributed by atoms with Crippen LogP contribution in [0.2, 0.25) is 0 Å². The smallest absolute Gasteiger partial charge is 0.410 e. The first-order chi connectivity index (χ1) is 17.0. The van der Waals surface area contributed by atoms with Crippen LogP contribution in [0.25, 0.3) is 0 Å². The molecule has 10 heteroatoms. The Morgan fingerprint density at radius 3 is 2.58 bits per heavy atom. The Balaban J connectivity index is 1.23. The fourth-order valence-electron chi connectivity index (χ4n) is 5.95. The Hall–Kier alpha value is -2.53. The largest absolute Gasteiger partial charge is 0.478 e. The molecule has 196 valence electrons. The van der Waals surface area contributed by atoms with Crippen LogP contribution in [0.15, 0.2) is 30.0 Å². The molecule has 3 saturated heterocycles. The quantitative estimate of drug-likeness (QED) is 0.426. The number of β-amino-alcohol motifs (C(OH)–C–C–N with tert-alkyl or cyclic N) is 1. The first kappa shape index (κ1) is 25.1. The maximum absolute atomic E-state index is 13.0. The van der Waals surface area contributed by atoms with E-state index in [0.29, 0.717) is 18.7 Å². The fourth-order valence-corrected chi connectivity index (χ4v) is 5.95. The lowest BCUT2D eigenvalue weighted by atomic mass is 9.68. The zero-order valence-electron chi connectivity index (χ0n) is 21.1. The molecule has 36 heavy (non-hydrogen) atoms. The van der Waals surface area contributed by atoms with Crippen molar-refractivity contribution >= 4 is 12.1 Å². The Bertz CT molecular complexity index is 1060. The molecule has 0 aromatic carbocycles. The molecule has 1 saturated carbocycles. The van der Waals surface area contributed by atoms with E-state index in [1.54, 1.807) is 7.11 Å². The van der Waals surface area contributed by atoms with Crippen molar-refractivity contribution < 1.29 is 38.7 Å². The first-order valence-electron chi connectivity index (χ1n) is 12.4. The second-order valence-electron chi connectivity index (χ2n) is 10.9. The van der Waals surface area contributed by atoms with Crippen molar-refractivity contribution in [3.05, 3.63) is 41.2 Å². The summed E-state index contributed by atoms with van der Waals surface area (Å²) in [7, 11) is 1.63. The predicted molar refractivity (Wildman–Crippen MR) is 126 cm³/mol. The number of aliphatic hydroxyl groups is 1. The average Bonchev–Trinajstić information content (AvgIpc) is 3.73. The number of nitrogens with zero attached hydrogens (tertiary/aromatic N) is 2. The maximum atomic E-state index is 13.0. The summed E-state index contributed by atoms with van der Waals surface area (Å²) in [5, 5.41) is 19.9. The molecule has 1 amide bonds. The number of amides is 1. The van der Waals surface area contributed by atoms with E-state index in [2.05, 4.69) is 31.8 Å². The van der Waals surface area contributed by atoms with Crippen LogP contribution < -0.4 is 0 Å². The lowest BCUT2D eigenvalue weighted by Gasteiger charge is -2.47. The number of pyridine rings is 1. The number of ether oxygens (including phenoxy) is 4. The van der Waals surface area contributed by atoms with Crippen LogP contribution in [0.1, 0.15) is 56.1 Å². The number of aromatic nitrogens is 1. The minimum atomic E-state index is -1.34. The van der Waals surface area contributed by atoms with Crippen molar-refractivity contribution in [2.45, 2.75) is 75.1 Å². The van der Waals surface area contributed by atoms with Gasteiger partial charge in [0.25, 0.3) is 0 Å². The normalized spacial score (nSPS) is 36.1. The second-order valence-corrected chi connectivity index (χ2v) is 10.9. The zero-order chi connectivity index (χ0) is 25.9. The summed E-state index contributed by atoms with van der Waals surface area (Å²) in [6.07, 6.45) is 4.27. The van der Waals surface area contributed by atoms with Crippen LogP contribution in [0, 0.1) is 5.92 Å². The molecule has 1 aromatic heterocycles. The Kier molecular flexibility index (Phi) is 6.14. The van der Waals surface area contributed by atoms with Gasteiger partial charge in [0.2, 0.25) is 0 Å². The number of epoxide rings is 2. The molecule has 3 aliphatic heterocycles. The van der Waals surface area contributed by atoms with Crippen LogP contribution in [0.5, 0.6) is 0 Å². The molecule has 4 aliphatic rings. The molecule has 4 heterocycles. The summed E-state index contributed by atoms with van der Waals surface area (Å²) in [4.78, 5) is 29.5. The molecule has 10 nitrogen and oxygen atoms in total. The minimum Gasteiger partial charge on any atom is -0.478 e. The fraction of sp³-hybridized carbons (Fsp3) is 0.654. The molecule has 4 fully saturated rings. The molecule has 0 radical (unpaired) electrons. The summed E-state index contributed by atoms with van der Waals surface area (Å²) in [6.45, 7) is 6.91. The third kappa shape index (κ3) is 4.30. The number of carboxylic acid groups (broad SMARTS) is 1. The van der Waals surface area contributed by atoms with E-state index in [1.807, 2.05) is 0 Å². The predicted octanol–water partition coefficient (Wildman–Crippen LogP) is 2.50. The highest BCUT2D eigenvalue weighted by Gasteiger charge is 2.72. The van der Waals surface area contributed by atoms with Gasteiger partial charge in [0.05, 0.1) is 43.0 Å². The summed E-state index contributed by atoms with van der Waals surface area (Å²) in [6, 6.07) is 2.85. The van der Waals surface area contributed by atoms with Gasteiger partial charge < -0.3 is 34.1 Å². The van der Waals surface area contributed by atoms with Crippen molar-refractivity contribution in [1.29, 1.82) is 0 Å². The third-order valence-electron chi connectivity index (χ3n) is 8.14. The number of rotatable bonds is 7. The third-order valence-corrected chi connectivity index (χ3v) is 8.14. The lowest BCUT2D eigenvalue weighted by Crippen LogP contribution is -2.63. The Labute approximate surface area is 210 Å². The second kappa shape index (κ2) is 8.79. The van der Waals surface area contributed by atoms with Gasteiger partial charge in [-0.25, -0.2) is 9.59 Å². The molecular formula is C26H34N2O8. The number of carboxylic acids is 1. The molecular weight excluding hydrogens is 468 g/mol. The van der Waals surface area contributed by atoms with E-state index < -0.39 is 29.4 Å². The van der Waals surface area contributed by atoms with E-state index in [-0.39, 0.29) is 42.4 Å². The van der Waals surface area contributed by atoms with Crippen molar-refractivity contribution in [3.8, 4) is 0 Å². The molecule has 1 spiro atoms. The van der Waals surface area contributed by atoms with Crippen LogP contribution in [0.4, 0.5) is 4.79 Å². The summed E-state index contributed by atoms with van der Waals surface area (Å²) < 4.78 is 24.0.